The van der Waals surface area contributed by atoms with Gasteiger partial charge in [-0.05, 0) is 24.3 Å². The van der Waals surface area contributed by atoms with Crippen molar-refractivity contribution in [1.82, 2.24) is 0 Å². The zero-order valence-corrected chi connectivity index (χ0v) is 8.65. The van der Waals surface area contributed by atoms with E-state index in [1.807, 2.05) is 60.7 Å². The van der Waals surface area contributed by atoms with E-state index in [2.05, 4.69) is 5.32 Å². The molecule has 0 saturated heterocycles. The van der Waals surface area contributed by atoms with Crippen LogP contribution >= 0.6 is 0 Å². The molecule has 0 aliphatic rings. The minimum atomic E-state index is 0.500. The lowest BCUT2D eigenvalue weighted by Gasteiger charge is -2.04. The number of nitrogens with one attached hydrogen (secondary N) is 1. The van der Waals surface area contributed by atoms with E-state index >= 15 is 0 Å². The third-order valence-electron chi connectivity index (χ3n) is 1.84. The fourth-order valence-corrected chi connectivity index (χ4v) is 1.21. The van der Waals surface area contributed by atoms with Crippen LogP contribution in [0.25, 0.3) is 0 Å². The average molecular weight is 203 g/mol. The van der Waals surface area contributed by atoms with Gasteiger partial charge in [-0.3, -0.25) is 4.39 Å². The van der Waals surface area contributed by atoms with Crippen molar-refractivity contribution in [1.29, 1.82) is 0 Å². The predicted molar refractivity (Wildman–Crippen MR) is 63.2 cm³/mol. The van der Waals surface area contributed by atoms with E-state index in [-0.39, 0.29) is 0 Å². The Labute approximate surface area is 89.6 Å². The maximum Gasteiger partial charge on any atom is 0.0785 e. The molecule has 0 aliphatic heterocycles. The highest BCUT2D eigenvalue weighted by Crippen LogP contribution is 2.14. The Balaban J connectivity index is 0.000000531. The Morgan fingerprint density at radius 3 is 1.33 bits per heavy atom. The van der Waals surface area contributed by atoms with Gasteiger partial charge < -0.3 is 5.32 Å². The van der Waals surface area contributed by atoms with E-state index in [1.54, 1.807) is 0 Å². The van der Waals surface area contributed by atoms with Crippen LogP contribution in [0.1, 0.15) is 0 Å². The Morgan fingerprint density at radius 1 is 0.667 bits per heavy atom. The van der Waals surface area contributed by atoms with Gasteiger partial charge in [0.25, 0.3) is 0 Å². The van der Waals surface area contributed by atoms with Crippen LogP contribution in [0.2, 0.25) is 0 Å². The highest BCUT2D eigenvalue weighted by atomic mass is 19.1. The molecule has 0 aromatic heterocycles. The van der Waals surface area contributed by atoms with E-state index in [9.17, 15) is 4.39 Å². The number of hydrogen-bond acceptors (Lipinski definition) is 1. The lowest BCUT2D eigenvalue weighted by Crippen LogP contribution is -1.87. The van der Waals surface area contributed by atoms with Gasteiger partial charge in [-0.1, -0.05) is 36.4 Å². The molecule has 78 valence electrons. The maximum absolute atomic E-state index is 9.50. The Bertz CT molecular complexity index is 321. The van der Waals surface area contributed by atoms with E-state index in [0.717, 1.165) is 11.4 Å². The second-order valence-electron chi connectivity index (χ2n) is 2.86. The molecule has 0 radical (unpaired) electrons. The molecule has 1 nitrogen and oxygen atoms in total. The largest absolute Gasteiger partial charge is 0.356 e. The van der Waals surface area contributed by atoms with Gasteiger partial charge in [-0.2, -0.15) is 0 Å². The second-order valence-corrected chi connectivity index (χ2v) is 2.86. The minimum Gasteiger partial charge on any atom is -0.356 e. The number of alkyl halides is 1. The first-order valence-corrected chi connectivity index (χ1v) is 4.70. The zero-order valence-electron chi connectivity index (χ0n) is 8.65. The van der Waals surface area contributed by atoms with Gasteiger partial charge in [-0.15, -0.1) is 0 Å². The number of rotatable bonds is 2. The summed E-state index contributed by atoms with van der Waals surface area (Å²) in [5.74, 6) is 0. The Hall–Kier alpha value is -1.83. The maximum atomic E-state index is 9.50. The molecule has 0 unspecified atom stereocenters. The van der Waals surface area contributed by atoms with Crippen LogP contribution < -0.4 is 5.32 Å². The van der Waals surface area contributed by atoms with Gasteiger partial charge in [0.15, 0.2) is 0 Å². The van der Waals surface area contributed by atoms with Crippen molar-refractivity contribution in [3.63, 3.8) is 0 Å². The van der Waals surface area contributed by atoms with Crippen LogP contribution in [0.15, 0.2) is 60.7 Å². The molecule has 2 aromatic carbocycles. The molecule has 0 amide bonds. The summed E-state index contributed by atoms with van der Waals surface area (Å²) in [5.41, 5.74) is 2.24. The summed E-state index contributed by atoms with van der Waals surface area (Å²) in [6.07, 6.45) is 0. The topological polar surface area (TPSA) is 12.0 Å². The summed E-state index contributed by atoms with van der Waals surface area (Å²) in [4.78, 5) is 0. The van der Waals surface area contributed by atoms with Crippen molar-refractivity contribution in [2.45, 2.75) is 0 Å². The molecular weight excluding hydrogens is 189 g/mol. The zero-order chi connectivity index (χ0) is 10.9. The van der Waals surface area contributed by atoms with Crippen molar-refractivity contribution in [2.24, 2.45) is 0 Å². The fraction of sp³-hybridized carbons (Fsp3) is 0.0769. The van der Waals surface area contributed by atoms with Gasteiger partial charge in [-0.25, -0.2) is 0 Å². The molecule has 2 heteroatoms. The summed E-state index contributed by atoms with van der Waals surface area (Å²) in [5, 5.41) is 3.30. The molecule has 0 bridgehead atoms. The number of anilines is 2. The quantitative estimate of drug-likeness (QED) is 0.777. The van der Waals surface area contributed by atoms with E-state index in [1.165, 1.54) is 0 Å². The first kappa shape index (κ1) is 11.2. The third kappa shape index (κ3) is 3.81. The highest BCUT2D eigenvalue weighted by Gasteiger charge is 1.89. The van der Waals surface area contributed by atoms with Crippen molar-refractivity contribution in [2.75, 3.05) is 12.5 Å². The van der Waals surface area contributed by atoms with Crippen molar-refractivity contribution < 1.29 is 4.39 Å². The number of hydrogen-bond donors (Lipinski definition) is 1. The van der Waals surface area contributed by atoms with Crippen LogP contribution in [0.3, 0.4) is 0 Å². The molecule has 0 spiro atoms. The van der Waals surface area contributed by atoms with Crippen LogP contribution in [0, 0.1) is 0 Å². The first-order chi connectivity index (χ1) is 7.45. The number of benzene rings is 2. The fourth-order valence-electron chi connectivity index (χ4n) is 1.21. The van der Waals surface area contributed by atoms with E-state index < -0.39 is 0 Å². The van der Waals surface area contributed by atoms with Gasteiger partial charge in [0.2, 0.25) is 0 Å². The smallest absolute Gasteiger partial charge is 0.0785 e. The van der Waals surface area contributed by atoms with Crippen LogP contribution in [-0.4, -0.2) is 7.18 Å². The normalized spacial score (nSPS) is 8.67. The first-order valence-electron chi connectivity index (χ1n) is 4.70. The molecule has 0 fully saturated rings. The molecule has 0 heterocycles. The molecule has 1 N–H and O–H groups in total. The summed E-state index contributed by atoms with van der Waals surface area (Å²) >= 11 is 0. The Morgan fingerprint density at radius 2 is 1.00 bits per heavy atom. The average Bonchev–Trinajstić information content (AvgIpc) is 2.34. The lowest BCUT2D eigenvalue weighted by molar-refractivity contribution is 0.636. The van der Waals surface area contributed by atoms with Gasteiger partial charge in [0, 0.05) is 11.4 Å². The molecule has 15 heavy (non-hydrogen) atoms. The van der Waals surface area contributed by atoms with E-state index in [0.29, 0.717) is 7.18 Å². The SMILES string of the molecule is CF.c1ccc(Nc2ccccc2)cc1. The van der Waals surface area contributed by atoms with Crippen molar-refractivity contribution in [3.05, 3.63) is 60.7 Å². The summed E-state index contributed by atoms with van der Waals surface area (Å²) in [6, 6.07) is 20.3. The van der Waals surface area contributed by atoms with Crippen LogP contribution in [0.5, 0.6) is 0 Å². The monoisotopic (exact) mass is 203 g/mol. The summed E-state index contributed by atoms with van der Waals surface area (Å²) in [6.45, 7) is 0. The molecule has 0 saturated carbocycles. The standard InChI is InChI=1S/C12H11N.CH3F/c1-3-7-11(8-4-1)13-12-9-5-2-6-10-12;1-2/h1-10,13H;1H3. The molecule has 2 rings (SSSR count). The number of halogens is 1. The van der Waals surface area contributed by atoms with Crippen LogP contribution in [0.4, 0.5) is 15.8 Å². The van der Waals surface area contributed by atoms with Gasteiger partial charge >= 0.3 is 0 Å². The molecule has 0 atom stereocenters. The Kier molecular flexibility index (Phi) is 4.95. The molecule has 2 aromatic rings. The van der Waals surface area contributed by atoms with Crippen LogP contribution in [-0.2, 0) is 0 Å². The minimum absolute atomic E-state index is 0.500. The van der Waals surface area contributed by atoms with E-state index in [4.69, 9.17) is 0 Å². The lowest BCUT2D eigenvalue weighted by atomic mass is 10.3. The predicted octanol–water partition coefficient (Wildman–Crippen LogP) is 4.02. The molecular formula is C13H14FN. The third-order valence-corrected chi connectivity index (χ3v) is 1.84. The van der Waals surface area contributed by atoms with Gasteiger partial charge in [0.05, 0.1) is 7.18 Å². The highest BCUT2D eigenvalue weighted by molar-refractivity contribution is 5.58. The molecule has 0 aliphatic carbocycles. The number of para-hydroxylation sites is 2. The second kappa shape index (κ2) is 6.60. The van der Waals surface area contributed by atoms with Crippen molar-refractivity contribution >= 4 is 11.4 Å². The van der Waals surface area contributed by atoms with Gasteiger partial charge in [0.1, 0.15) is 0 Å². The van der Waals surface area contributed by atoms with Crippen molar-refractivity contribution in [3.8, 4) is 0 Å². The summed E-state index contributed by atoms with van der Waals surface area (Å²) < 4.78 is 9.50. The summed E-state index contributed by atoms with van der Waals surface area (Å²) in [7, 11) is 0.500.